The third-order valence-electron chi connectivity index (χ3n) is 3.97. The lowest BCUT2D eigenvalue weighted by atomic mass is 9.82. The van der Waals surface area contributed by atoms with Crippen LogP contribution in [0.2, 0.25) is 0 Å². The molecule has 0 aromatic heterocycles. The third-order valence-corrected chi connectivity index (χ3v) is 3.97. The molecule has 0 aliphatic carbocycles. The summed E-state index contributed by atoms with van der Waals surface area (Å²) < 4.78 is 0. The van der Waals surface area contributed by atoms with Gasteiger partial charge in [-0.25, -0.2) is 0 Å². The summed E-state index contributed by atoms with van der Waals surface area (Å²) in [7, 11) is 0. The zero-order valence-electron chi connectivity index (χ0n) is 13.6. The standard InChI is InChI=1S/C18H31N/c1-13(2)17(19)9-7-8-15-11-10-14(3)16(12-15)18(4,5)6/h10-13,17H,7-9,19H2,1-6H3. The summed E-state index contributed by atoms with van der Waals surface area (Å²) in [5, 5.41) is 0. The Labute approximate surface area is 119 Å². The predicted octanol–water partition coefficient (Wildman–Crippen LogP) is 4.60. The van der Waals surface area contributed by atoms with Crippen molar-refractivity contribution >= 4 is 0 Å². The molecule has 19 heavy (non-hydrogen) atoms. The maximum Gasteiger partial charge on any atom is 0.00620 e. The van der Waals surface area contributed by atoms with Gasteiger partial charge in [0, 0.05) is 6.04 Å². The maximum atomic E-state index is 6.10. The van der Waals surface area contributed by atoms with Crippen LogP contribution < -0.4 is 5.73 Å². The third kappa shape index (κ3) is 4.99. The Kier molecular flexibility index (Phi) is 5.61. The molecule has 0 radical (unpaired) electrons. The van der Waals surface area contributed by atoms with Crippen molar-refractivity contribution in [2.75, 3.05) is 0 Å². The molecule has 1 unspecified atom stereocenters. The average molecular weight is 261 g/mol. The molecule has 0 saturated carbocycles. The average Bonchev–Trinajstić information content (AvgIpc) is 2.29. The molecule has 1 aromatic rings. The lowest BCUT2D eigenvalue weighted by Crippen LogP contribution is -2.26. The molecule has 0 bridgehead atoms. The van der Waals surface area contributed by atoms with Gasteiger partial charge in [0.2, 0.25) is 0 Å². The molecule has 1 heteroatoms. The molecule has 0 aliphatic heterocycles. The molecule has 108 valence electrons. The summed E-state index contributed by atoms with van der Waals surface area (Å²) in [6, 6.07) is 7.26. The van der Waals surface area contributed by atoms with Gasteiger partial charge in [-0.15, -0.1) is 0 Å². The van der Waals surface area contributed by atoms with Crippen LogP contribution in [0.5, 0.6) is 0 Å². The fourth-order valence-corrected chi connectivity index (χ4v) is 2.51. The Morgan fingerprint density at radius 3 is 2.32 bits per heavy atom. The second-order valence-corrected chi connectivity index (χ2v) is 7.20. The number of hydrogen-bond acceptors (Lipinski definition) is 1. The topological polar surface area (TPSA) is 26.0 Å². The lowest BCUT2D eigenvalue weighted by molar-refractivity contribution is 0.452. The van der Waals surface area contributed by atoms with Crippen molar-refractivity contribution in [3.63, 3.8) is 0 Å². The summed E-state index contributed by atoms with van der Waals surface area (Å²) in [6.07, 6.45) is 3.45. The zero-order valence-corrected chi connectivity index (χ0v) is 13.6. The van der Waals surface area contributed by atoms with Crippen molar-refractivity contribution in [1.29, 1.82) is 0 Å². The Bertz CT molecular complexity index is 399. The number of benzene rings is 1. The highest BCUT2D eigenvalue weighted by molar-refractivity contribution is 5.35. The van der Waals surface area contributed by atoms with Crippen molar-refractivity contribution in [2.45, 2.75) is 72.3 Å². The number of aryl methyl sites for hydroxylation is 2. The van der Waals surface area contributed by atoms with Gasteiger partial charge in [0.15, 0.2) is 0 Å². The van der Waals surface area contributed by atoms with E-state index in [4.69, 9.17) is 5.73 Å². The molecule has 0 heterocycles. The highest BCUT2D eigenvalue weighted by Crippen LogP contribution is 2.27. The van der Waals surface area contributed by atoms with Gasteiger partial charge in [-0.3, -0.25) is 0 Å². The molecular weight excluding hydrogens is 230 g/mol. The van der Waals surface area contributed by atoms with Crippen LogP contribution in [0.3, 0.4) is 0 Å². The second kappa shape index (κ2) is 6.56. The van der Waals surface area contributed by atoms with Crippen molar-refractivity contribution in [2.24, 2.45) is 11.7 Å². The first kappa shape index (κ1) is 16.2. The predicted molar refractivity (Wildman–Crippen MR) is 85.6 cm³/mol. The van der Waals surface area contributed by atoms with Crippen LogP contribution in [0.15, 0.2) is 18.2 Å². The smallest absolute Gasteiger partial charge is 0.00620 e. The lowest BCUT2D eigenvalue weighted by Gasteiger charge is -2.23. The minimum absolute atomic E-state index is 0.231. The summed E-state index contributed by atoms with van der Waals surface area (Å²) in [6.45, 7) is 13.5. The molecule has 1 atom stereocenters. The van der Waals surface area contributed by atoms with E-state index in [-0.39, 0.29) is 5.41 Å². The van der Waals surface area contributed by atoms with E-state index in [1.165, 1.54) is 23.1 Å². The summed E-state index contributed by atoms with van der Waals surface area (Å²) >= 11 is 0. The summed E-state index contributed by atoms with van der Waals surface area (Å²) in [5.41, 5.74) is 10.7. The molecular formula is C18H31N. The van der Waals surface area contributed by atoms with E-state index in [0.29, 0.717) is 12.0 Å². The van der Waals surface area contributed by atoms with Crippen LogP contribution in [0.25, 0.3) is 0 Å². The van der Waals surface area contributed by atoms with E-state index in [2.05, 4.69) is 59.7 Å². The number of rotatable bonds is 5. The fraction of sp³-hybridized carbons (Fsp3) is 0.667. The van der Waals surface area contributed by atoms with E-state index in [9.17, 15) is 0 Å². The molecule has 0 saturated heterocycles. The molecule has 1 nitrogen and oxygen atoms in total. The van der Waals surface area contributed by atoms with Gasteiger partial charge in [-0.2, -0.15) is 0 Å². The second-order valence-electron chi connectivity index (χ2n) is 7.20. The molecule has 1 rings (SSSR count). The monoisotopic (exact) mass is 261 g/mol. The van der Waals surface area contributed by atoms with Crippen molar-refractivity contribution in [3.05, 3.63) is 34.9 Å². The van der Waals surface area contributed by atoms with E-state index in [0.717, 1.165) is 12.8 Å². The quantitative estimate of drug-likeness (QED) is 0.823. The highest BCUT2D eigenvalue weighted by Gasteiger charge is 2.16. The Hall–Kier alpha value is -0.820. The van der Waals surface area contributed by atoms with Crippen LogP contribution in [0.1, 0.15) is 64.2 Å². The van der Waals surface area contributed by atoms with Crippen LogP contribution >= 0.6 is 0 Å². The zero-order chi connectivity index (χ0) is 14.6. The molecule has 0 amide bonds. The van der Waals surface area contributed by atoms with Crippen LogP contribution in [-0.2, 0) is 11.8 Å². The normalized spacial score (nSPS) is 13.9. The van der Waals surface area contributed by atoms with E-state index in [1.54, 1.807) is 0 Å². The maximum absolute atomic E-state index is 6.10. The van der Waals surface area contributed by atoms with Crippen molar-refractivity contribution in [1.82, 2.24) is 0 Å². The van der Waals surface area contributed by atoms with Gasteiger partial charge in [0.1, 0.15) is 0 Å². The molecule has 2 N–H and O–H groups in total. The molecule has 0 aliphatic rings. The Balaban J connectivity index is 2.66. The van der Waals surface area contributed by atoms with Gasteiger partial charge in [0.25, 0.3) is 0 Å². The van der Waals surface area contributed by atoms with E-state index in [1.807, 2.05) is 0 Å². The van der Waals surface area contributed by atoms with Crippen molar-refractivity contribution < 1.29 is 0 Å². The van der Waals surface area contributed by atoms with Crippen LogP contribution in [-0.4, -0.2) is 6.04 Å². The Morgan fingerprint density at radius 1 is 1.16 bits per heavy atom. The molecule has 0 fully saturated rings. The number of hydrogen-bond donors (Lipinski definition) is 1. The van der Waals surface area contributed by atoms with E-state index < -0.39 is 0 Å². The van der Waals surface area contributed by atoms with Gasteiger partial charge in [0.05, 0.1) is 0 Å². The SMILES string of the molecule is Cc1ccc(CCCC(N)C(C)C)cc1C(C)(C)C. The van der Waals surface area contributed by atoms with Crippen LogP contribution in [0.4, 0.5) is 0 Å². The van der Waals surface area contributed by atoms with Crippen LogP contribution in [0, 0.1) is 12.8 Å². The van der Waals surface area contributed by atoms with Gasteiger partial charge in [-0.05, 0) is 54.2 Å². The first-order valence-corrected chi connectivity index (χ1v) is 7.57. The van der Waals surface area contributed by atoms with Gasteiger partial charge in [-0.1, -0.05) is 52.8 Å². The summed E-state index contributed by atoms with van der Waals surface area (Å²) in [5.74, 6) is 0.586. The first-order chi connectivity index (χ1) is 8.71. The number of nitrogens with two attached hydrogens (primary N) is 1. The van der Waals surface area contributed by atoms with E-state index >= 15 is 0 Å². The minimum atomic E-state index is 0.231. The first-order valence-electron chi connectivity index (χ1n) is 7.57. The highest BCUT2D eigenvalue weighted by atomic mass is 14.6. The van der Waals surface area contributed by atoms with Gasteiger partial charge < -0.3 is 5.73 Å². The Morgan fingerprint density at radius 2 is 1.79 bits per heavy atom. The fourth-order valence-electron chi connectivity index (χ4n) is 2.51. The largest absolute Gasteiger partial charge is 0.327 e. The van der Waals surface area contributed by atoms with Gasteiger partial charge >= 0.3 is 0 Å². The minimum Gasteiger partial charge on any atom is -0.327 e. The molecule has 1 aromatic carbocycles. The molecule has 0 spiro atoms. The summed E-state index contributed by atoms with van der Waals surface area (Å²) in [4.78, 5) is 0. The van der Waals surface area contributed by atoms with Crippen molar-refractivity contribution in [3.8, 4) is 0 Å².